The third-order valence-corrected chi connectivity index (χ3v) is 12.6. The first-order chi connectivity index (χ1) is 29.5. The van der Waals surface area contributed by atoms with Crippen LogP contribution in [0.3, 0.4) is 0 Å². The molecule has 1 saturated carbocycles. The second-order valence-electron chi connectivity index (χ2n) is 16.4. The number of aliphatic hydroxyl groups excluding tert-OH is 5. The van der Waals surface area contributed by atoms with Crippen molar-refractivity contribution in [1.82, 2.24) is 15.7 Å². The molecule has 4 saturated heterocycles. The van der Waals surface area contributed by atoms with E-state index >= 15 is 0 Å². The lowest BCUT2D eigenvalue weighted by Gasteiger charge is -2.48. The van der Waals surface area contributed by atoms with Crippen LogP contribution in [0.15, 0.2) is 78.9 Å². The molecule has 3 aromatic carbocycles. The van der Waals surface area contributed by atoms with Crippen LogP contribution in [-0.4, -0.2) is 142 Å². The Hall–Kier alpha value is -4.63. The molecule has 0 unspecified atom stereocenters. The molecule has 0 radical (unpaired) electrons. The largest absolute Gasteiger partial charge is 0.458 e. The predicted molar refractivity (Wildman–Crippen MR) is 210 cm³/mol. The van der Waals surface area contributed by atoms with E-state index in [4.69, 9.17) is 33.6 Å². The molecule has 4 heterocycles. The summed E-state index contributed by atoms with van der Waals surface area (Å²) in [5.41, 5.74) is 3.20. The minimum atomic E-state index is -1.57. The van der Waals surface area contributed by atoms with Gasteiger partial charge in [-0.25, -0.2) is 0 Å². The van der Waals surface area contributed by atoms with Crippen molar-refractivity contribution in [2.75, 3.05) is 26.4 Å². The molecule has 0 aromatic heterocycles. The number of hydrogen-bond acceptors (Lipinski definition) is 15. The van der Waals surface area contributed by atoms with E-state index in [2.05, 4.69) is 10.6 Å². The van der Waals surface area contributed by atoms with E-state index in [1.165, 1.54) is 5.06 Å². The predicted octanol–water partition coefficient (Wildman–Crippen LogP) is -0.366. The van der Waals surface area contributed by atoms with Crippen LogP contribution in [0.5, 0.6) is 0 Å². The number of nitrogens with zero attached hydrogens (tertiary/aromatic N) is 1. The summed E-state index contributed by atoms with van der Waals surface area (Å²) in [4.78, 5) is 48.6. The number of hydroxylamine groups is 2. The smallest absolute Gasteiger partial charge is 0.327 e. The van der Waals surface area contributed by atoms with Crippen molar-refractivity contribution in [3.63, 3.8) is 0 Å². The van der Waals surface area contributed by atoms with Gasteiger partial charge in [-0.1, -0.05) is 72.8 Å². The Morgan fingerprint density at radius 2 is 1.66 bits per heavy atom. The molecule has 61 heavy (non-hydrogen) atoms. The topological polar surface area (TPSA) is 235 Å². The molecule has 2 bridgehead atoms. The number of rotatable bonds is 13. The van der Waals surface area contributed by atoms with E-state index < -0.39 is 90.8 Å². The van der Waals surface area contributed by atoms with Crippen molar-refractivity contribution in [1.29, 1.82) is 0 Å². The van der Waals surface area contributed by atoms with Gasteiger partial charge in [-0.05, 0) is 39.9 Å². The Kier molecular flexibility index (Phi) is 11.6. The number of carbonyl (C=O) groups excluding carboxylic acids is 3. The fraction of sp³-hybridized carbons (Fsp3) is 0.477. The lowest BCUT2D eigenvalue weighted by atomic mass is 9.62. The number of benzene rings is 3. The van der Waals surface area contributed by atoms with Gasteiger partial charge < -0.3 is 59.9 Å². The number of fused-ring (bicyclic) bond motifs is 5. The van der Waals surface area contributed by atoms with Crippen molar-refractivity contribution in [2.24, 2.45) is 5.41 Å². The van der Waals surface area contributed by atoms with Gasteiger partial charge in [-0.2, -0.15) is 5.06 Å². The molecule has 7 N–H and O–H groups in total. The van der Waals surface area contributed by atoms with E-state index in [9.17, 15) is 34.8 Å². The zero-order valence-electron chi connectivity index (χ0n) is 33.1. The van der Waals surface area contributed by atoms with Gasteiger partial charge in [0.25, 0.3) is 5.91 Å². The molecule has 17 heteroatoms. The van der Waals surface area contributed by atoms with Gasteiger partial charge in [-0.15, -0.1) is 0 Å². The highest BCUT2D eigenvalue weighted by molar-refractivity contribution is 5.95. The van der Waals surface area contributed by atoms with Crippen LogP contribution in [-0.2, 0) is 64.0 Å². The quantitative estimate of drug-likeness (QED) is 0.109. The summed E-state index contributed by atoms with van der Waals surface area (Å²) >= 11 is 0. The molecule has 2 amide bonds. The normalized spacial score (nSPS) is 33.4. The Bertz CT molecular complexity index is 2140. The molecule has 11 atom stereocenters. The molecular formula is C44H49N3O14. The van der Waals surface area contributed by atoms with Gasteiger partial charge in [0.1, 0.15) is 54.2 Å². The summed E-state index contributed by atoms with van der Waals surface area (Å²) in [6.07, 6.45) is -5.73. The van der Waals surface area contributed by atoms with Crippen LogP contribution in [0.2, 0.25) is 0 Å². The molecule has 9 rings (SSSR count). The minimum Gasteiger partial charge on any atom is -0.458 e. The van der Waals surface area contributed by atoms with Gasteiger partial charge in [0.15, 0.2) is 18.1 Å². The molecule has 6 aliphatic rings. The standard InChI is InChI=1S/C44H49N3O14/c48-15-14-45-39(53)26-12-5-7-24(17-26)21-46-42(55)44-20-30-35-36(60-43(59-35)18-27-9-2-3-10-28(27)19-43)38(44)61-47(37(44)40(54)57-30)22-29-11-4-1-8-25(29)13-6-16-56-41-34(52)33(51)32(50)31(23-49)58-41/h1-13,17,30-38,41,48-52H,14-16,18-23H2,(H,45,53)(H,46,55)/t30-,31-,32+,33+,34-,35+,36+,37+,38-,41+,44+/m1/s1. The first-order valence-corrected chi connectivity index (χ1v) is 20.5. The molecule has 17 nitrogen and oxygen atoms in total. The van der Waals surface area contributed by atoms with Crippen LogP contribution in [0.25, 0.3) is 6.08 Å². The maximum atomic E-state index is 14.9. The van der Waals surface area contributed by atoms with Gasteiger partial charge in [0.2, 0.25) is 5.91 Å². The third-order valence-electron chi connectivity index (χ3n) is 12.6. The van der Waals surface area contributed by atoms with Crippen molar-refractivity contribution in [3.05, 3.63) is 112 Å². The van der Waals surface area contributed by atoms with E-state index in [0.717, 1.165) is 22.3 Å². The SMILES string of the molecule is O=C(NCCO)c1cccc(CNC(=O)[C@@]23C[C@H]4OC(=O)[C@@H]2N(Cc2ccccc2C=CCO[C@H]2O[C@H](CO)[C@H](O)[C@H](O)[C@H]2O)O[C@@H]3[C@H]2OC3(Cc5ccccc5C3)O[C@H]24)c1. The number of amides is 2. The molecule has 1 spiro atoms. The lowest BCUT2D eigenvalue weighted by Crippen LogP contribution is -2.69. The number of ether oxygens (including phenoxy) is 5. The maximum absolute atomic E-state index is 14.9. The van der Waals surface area contributed by atoms with Crippen LogP contribution in [0, 0.1) is 5.41 Å². The minimum absolute atomic E-state index is 0.0460. The zero-order valence-corrected chi connectivity index (χ0v) is 33.1. The van der Waals surface area contributed by atoms with Crippen molar-refractivity contribution in [2.45, 2.75) is 99.3 Å². The number of nitrogens with one attached hydrogen (secondary N) is 2. The summed E-state index contributed by atoms with van der Waals surface area (Å²) in [5.74, 6) is -2.45. The average molecular weight is 844 g/mol. The summed E-state index contributed by atoms with van der Waals surface area (Å²) in [6, 6.07) is 21.0. The van der Waals surface area contributed by atoms with E-state index in [0.29, 0.717) is 24.0 Å². The van der Waals surface area contributed by atoms with Gasteiger partial charge in [-0.3, -0.25) is 19.2 Å². The highest BCUT2D eigenvalue weighted by atomic mass is 16.8. The lowest BCUT2D eigenvalue weighted by molar-refractivity contribution is -0.298. The van der Waals surface area contributed by atoms with Crippen LogP contribution < -0.4 is 10.6 Å². The number of esters is 1. The highest BCUT2D eigenvalue weighted by Crippen LogP contribution is 2.58. The van der Waals surface area contributed by atoms with E-state index in [-0.39, 0.29) is 45.2 Å². The first-order valence-electron chi connectivity index (χ1n) is 20.5. The second kappa shape index (κ2) is 16.9. The highest BCUT2D eigenvalue weighted by Gasteiger charge is 2.76. The Labute approximate surface area is 350 Å². The summed E-state index contributed by atoms with van der Waals surface area (Å²) in [6.45, 7) is -0.650. The average Bonchev–Trinajstić information content (AvgIpc) is 3.95. The molecule has 324 valence electrons. The second-order valence-corrected chi connectivity index (χ2v) is 16.4. The van der Waals surface area contributed by atoms with Gasteiger partial charge in [0.05, 0.1) is 26.4 Å². The molecule has 5 fully saturated rings. The van der Waals surface area contributed by atoms with Crippen molar-refractivity contribution in [3.8, 4) is 0 Å². The van der Waals surface area contributed by atoms with Crippen LogP contribution in [0.4, 0.5) is 0 Å². The van der Waals surface area contributed by atoms with E-state index in [1.54, 1.807) is 36.4 Å². The van der Waals surface area contributed by atoms with Crippen molar-refractivity contribution >= 4 is 23.9 Å². The maximum Gasteiger partial charge on any atom is 0.327 e. The summed E-state index contributed by atoms with van der Waals surface area (Å²) in [5, 5.41) is 56.5. The van der Waals surface area contributed by atoms with Crippen molar-refractivity contribution < 1.29 is 68.4 Å². The molecule has 3 aromatic rings. The zero-order chi connectivity index (χ0) is 42.5. The summed E-state index contributed by atoms with van der Waals surface area (Å²) in [7, 11) is 0. The number of aliphatic hydroxyl groups is 5. The number of hydrogen-bond donors (Lipinski definition) is 7. The first kappa shape index (κ1) is 41.7. The van der Waals surface area contributed by atoms with Crippen LogP contribution in [0.1, 0.15) is 44.6 Å². The molecular weight excluding hydrogens is 794 g/mol. The Morgan fingerprint density at radius 1 is 0.902 bits per heavy atom. The number of carbonyl (C=O) groups is 3. The van der Waals surface area contributed by atoms with Gasteiger partial charge in [0, 0.05) is 37.9 Å². The third kappa shape index (κ3) is 7.57. The fourth-order valence-corrected chi connectivity index (χ4v) is 9.74. The fourth-order valence-electron chi connectivity index (χ4n) is 9.74. The summed E-state index contributed by atoms with van der Waals surface area (Å²) < 4.78 is 30.9. The Morgan fingerprint density at radius 3 is 2.43 bits per heavy atom. The van der Waals surface area contributed by atoms with E-state index in [1.807, 2.05) is 48.5 Å². The Balaban J connectivity index is 0.975. The van der Waals surface area contributed by atoms with Gasteiger partial charge >= 0.3 is 5.97 Å². The van der Waals surface area contributed by atoms with Crippen LogP contribution >= 0.6 is 0 Å². The molecule has 2 aliphatic carbocycles. The monoisotopic (exact) mass is 843 g/mol. The molecule has 4 aliphatic heterocycles.